The Morgan fingerprint density at radius 2 is 2.06 bits per heavy atom. The minimum atomic E-state index is 0.453. The third-order valence-electron chi connectivity index (χ3n) is 2.73. The second-order valence-electron chi connectivity index (χ2n) is 4.61. The number of fused-ring (bicyclic) bond motifs is 1. The second-order valence-corrected chi connectivity index (χ2v) is 4.61. The van der Waals surface area contributed by atoms with Crippen LogP contribution in [0.1, 0.15) is 26.5 Å². The monoisotopic (exact) mass is 244 g/mol. The van der Waals surface area contributed by atoms with Gasteiger partial charge >= 0.3 is 0 Å². The van der Waals surface area contributed by atoms with Crippen LogP contribution in [0.3, 0.4) is 0 Å². The van der Waals surface area contributed by atoms with E-state index in [1.165, 1.54) is 5.39 Å². The predicted molar refractivity (Wildman–Crippen MR) is 74.9 cm³/mol. The van der Waals surface area contributed by atoms with Gasteiger partial charge in [0.05, 0.1) is 12.3 Å². The van der Waals surface area contributed by atoms with Gasteiger partial charge in [-0.1, -0.05) is 32.0 Å². The van der Waals surface area contributed by atoms with Crippen molar-refractivity contribution in [1.29, 1.82) is 0 Å². The highest BCUT2D eigenvalue weighted by atomic mass is 16.5. The van der Waals surface area contributed by atoms with Crippen LogP contribution >= 0.6 is 0 Å². The van der Waals surface area contributed by atoms with Gasteiger partial charge in [0.2, 0.25) is 5.88 Å². The molecule has 0 bridgehead atoms. The maximum Gasteiger partial charge on any atom is 0.221 e. The van der Waals surface area contributed by atoms with E-state index >= 15 is 0 Å². The number of hydrogen-bond acceptors (Lipinski definition) is 3. The van der Waals surface area contributed by atoms with Crippen LogP contribution < -0.4 is 10.1 Å². The Labute approximate surface area is 108 Å². The summed E-state index contributed by atoms with van der Waals surface area (Å²) in [6.07, 6.45) is 0. The lowest BCUT2D eigenvalue weighted by Gasteiger charge is -2.11. The zero-order valence-corrected chi connectivity index (χ0v) is 11.2. The van der Waals surface area contributed by atoms with E-state index in [4.69, 9.17) is 4.74 Å². The van der Waals surface area contributed by atoms with Gasteiger partial charge in [-0.25, -0.2) is 4.98 Å². The largest absolute Gasteiger partial charge is 0.478 e. The van der Waals surface area contributed by atoms with E-state index in [2.05, 4.69) is 36.3 Å². The van der Waals surface area contributed by atoms with Crippen molar-refractivity contribution in [3.8, 4) is 5.88 Å². The molecular weight excluding hydrogens is 224 g/mol. The summed E-state index contributed by atoms with van der Waals surface area (Å²) >= 11 is 0. The highest BCUT2D eigenvalue weighted by Crippen LogP contribution is 2.24. The Morgan fingerprint density at radius 1 is 1.28 bits per heavy atom. The second kappa shape index (κ2) is 5.83. The first-order valence-electron chi connectivity index (χ1n) is 6.45. The van der Waals surface area contributed by atoms with Crippen molar-refractivity contribution < 1.29 is 4.74 Å². The Balaban J connectivity index is 2.37. The maximum atomic E-state index is 5.63. The van der Waals surface area contributed by atoms with E-state index in [0.29, 0.717) is 12.6 Å². The topological polar surface area (TPSA) is 34.1 Å². The van der Waals surface area contributed by atoms with Crippen molar-refractivity contribution >= 4 is 10.8 Å². The molecule has 0 radical (unpaired) electrons. The first-order chi connectivity index (χ1) is 8.70. The van der Waals surface area contributed by atoms with Gasteiger partial charge in [0.1, 0.15) is 0 Å². The number of hydrogen-bond donors (Lipinski definition) is 1. The highest BCUT2D eigenvalue weighted by Gasteiger charge is 2.06. The summed E-state index contributed by atoms with van der Waals surface area (Å²) in [4.78, 5) is 4.58. The van der Waals surface area contributed by atoms with Crippen molar-refractivity contribution in [3.63, 3.8) is 0 Å². The lowest BCUT2D eigenvalue weighted by Crippen LogP contribution is -2.22. The summed E-state index contributed by atoms with van der Waals surface area (Å²) < 4.78 is 5.63. The zero-order chi connectivity index (χ0) is 13.0. The molecule has 0 aliphatic rings. The van der Waals surface area contributed by atoms with Crippen molar-refractivity contribution in [1.82, 2.24) is 10.3 Å². The van der Waals surface area contributed by atoms with Crippen molar-refractivity contribution in [2.24, 2.45) is 0 Å². The Hall–Kier alpha value is -1.61. The first kappa shape index (κ1) is 12.8. The molecule has 0 atom stereocenters. The first-order valence-corrected chi connectivity index (χ1v) is 6.45. The van der Waals surface area contributed by atoms with Gasteiger partial charge in [-0.15, -0.1) is 0 Å². The third kappa shape index (κ3) is 2.99. The average molecular weight is 244 g/mol. The fraction of sp³-hybridized carbons (Fsp3) is 0.400. The standard InChI is InChI=1S/C15H20N2O/c1-4-18-15-14-8-6-5-7-12(14)9-13(17-15)10-16-11(2)3/h5-9,11,16H,4,10H2,1-3H3. The average Bonchev–Trinajstić information content (AvgIpc) is 2.37. The molecule has 0 amide bonds. The molecule has 18 heavy (non-hydrogen) atoms. The van der Waals surface area contributed by atoms with E-state index in [1.54, 1.807) is 0 Å². The molecule has 1 heterocycles. The summed E-state index contributed by atoms with van der Waals surface area (Å²) in [6, 6.07) is 10.8. The number of rotatable bonds is 5. The molecule has 3 heteroatoms. The van der Waals surface area contributed by atoms with Crippen LogP contribution in [0.2, 0.25) is 0 Å². The van der Waals surface area contributed by atoms with Crippen LogP contribution in [0.25, 0.3) is 10.8 Å². The maximum absolute atomic E-state index is 5.63. The molecule has 2 rings (SSSR count). The normalized spacial score (nSPS) is 11.1. The van der Waals surface area contributed by atoms with Gasteiger partial charge in [0.25, 0.3) is 0 Å². The third-order valence-corrected chi connectivity index (χ3v) is 2.73. The van der Waals surface area contributed by atoms with Gasteiger partial charge in [-0.3, -0.25) is 0 Å². The van der Waals surface area contributed by atoms with Gasteiger partial charge < -0.3 is 10.1 Å². The van der Waals surface area contributed by atoms with E-state index in [0.717, 1.165) is 23.5 Å². The Kier molecular flexibility index (Phi) is 4.15. The smallest absolute Gasteiger partial charge is 0.221 e. The molecular formula is C15H20N2O. The van der Waals surface area contributed by atoms with Crippen LogP contribution in [0.5, 0.6) is 5.88 Å². The van der Waals surface area contributed by atoms with E-state index < -0.39 is 0 Å². The fourth-order valence-corrected chi connectivity index (χ4v) is 1.87. The predicted octanol–water partition coefficient (Wildman–Crippen LogP) is 3.13. The van der Waals surface area contributed by atoms with Crippen molar-refractivity contribution in [2.45, 2.75) is 33.4 Å². The van der Waals surface area contributed by atoms with Crippen LogP contribution in [-0.2, 0) is 6.54 Å². The Morgan fingerprint density at radius 3 is 2.78 bits per heavy atom. The van der Waals surface area contributed by atoms with Gasteiger partial charge in [-0.2, -0.15) is 0 Å². The molecule has 96 valence electrons. The number of benzene rings is 1. The zero-order valence-electron chi connectivity index (χ0n) is 11.2. The lowest BCUT2D eigenvalue weighted by atomic mass is 10.1. The molecule has 0 aliphatic heterocycles. The molecule has 1 aromatic heterocycles. The van der Waals surface area contributed by atoms with Crippen LogP contribution in [-0.4, -0.2) is 17.6 Å². The number of aromatic nitrogens is 1. The van der Waals surface area contributed by atoms with E-state index in [9.17, 15) is 0 Å². The number of pyridine rings is 1. The number of ether oxygens (including phenoxy) is 1. The Bertz CT molecular complexity index is 523. The molecule has 0 aliphatic carbocycles. The highest BCUT2D eigenvalue weighted by molar-refractivity contribution is 5.87. The summed E-state index contributed by atoms with van der Waals surface area (Å²) in [7, 11) is 0. The van der Waals surface area contributed by atoms with Crippen LogP contribution in [0.15, 0.2) is 30.3 Å². The number of nitrogens with one attached hydrogen (secondary N) is 1. The molecule has 0 unspecified atom stereocenters. The van der Waals surface area contributed by atoms with Gasteiger partial charge in [0, 0.05) is 18.0 Å². The molecule has 2 aromatic rings. The van der Waals surface area contributed by atoms with E-state index in [-0.39, 0.29) is 0 Å². The lowest BCUT2D eigenvalue weighted by molar-refractivity contribution is 0.330. The molecule has 0 spiro atoms. The molecule has 1 aromatic carbocycles. The van der Waals surface area contributed by atoms with Crippen molar-refractivity contribution in [3.05, 3.63) is 36.0 Å². The fourth-order valence-electron chi connectivity index (χ4n) is 1.87. The minimum Gasteiger partial charge on any atom is -0.478 e. The molecule has 3 nitrogen and oxygen atoms in total. The molecule has 0 saturated carbocycles. The van der Waals surface area contributed by atoms with Gasteiger partial charge in [-0.05, 0) is 24.4 Å². The summed E-state index contributed by atoms with van der Waals surface area (Å²) in [5, 5.41) is 5.63. The minimum absolute atomic E-state index is 0.453. The molecule has 0 fully saturated rings. The SMILES string of the molecule is CCOc1nc(CNC(C)C)cc2ccccc12. The number of nitrogens with zero attached hydrogens (tertiary/aromatic N) is 1. The molecule has 1 N–H and O–H groups in total. The summed E-state index contributed by atoms with van der Waals surface area (Å²) in [5.74, 6) is 0.733. The summed E-state index contributed by atoms with van der Waals surface area (Å²) in [5.41, 5.74) is 1.02. The summed E-state index contributed by atoms with van der Waals surface area (Å²) in [6.45, 7) is 7.64. The van der Waals surface area contributed by atoms with Crippen molar-refractivity contribution in [2.75, 3.05) is 6.61 Å². The van der Waals surface area contributed by atoms with Crippen LogP contribution in [0.4, 0.5) is 0 Å². The van der Waals surface area contributed by atoms with Crippen LogP contribution in [0, 0.1) is 0 Å². The van der Waals surface area contributed by atoms with E-state index in [1.807, 2.05) is 25.1 Å². The van der Waals surface area contributed by atoms with Gasteiger partial charge in [0.15, 0.2) is 0 Å². The quantitative estimate of drug-likeness (QED) is 0.877. The molecule has 0 saturated heterocycles.